The van der Waals surface area contributed by atoms with E-state index in [0.29, 0.717) is 35.4 Å². The van der Waals surface area contributed by atoms with E-state index in [1.165, 1.54) is 4.57 Å². The first-order valence-corrected chi connectivity index (χ1v) is 9.64. The molecule has 1 amide bonds. The molecule has 7 heteroatoms. The first kappa shape index (κ1) is 20.0. The highest BCUT2D eigenvalue weighted by Gasteiger charge is 2.09. The fraction of sp³-hybridized carbons (Fsp3) is 0.286. The zero-order chi connectivity index (χ0) is 19.9. The molecular weight excluding hydrogens is 374 g/mol. The highest BCUT2D eigenvalue weighted by atomic mass is 32.1. The van der Waals surface area contributed by atoms with Crippen LogP contribution in [0.15, 0.2) is 53.3 Å². The van der Waals surface area contributed by atoms with Crippen molar-refractivity contribution >= 4 is 29.0 Å². The summed E-state index contributed by atoms with van der Waals surface area (Å²) in [5.74, 6) is -0.138. The molecule has 146 valence electrons. The third-order valence-electron chi connectivity index (χ3n) is 4.51. The molecule has 2 N–H and O–H groups in total. The minimum atomic E-state index is -0.186. The summed E-state index contributed by atoms with van der Waals surface area (Å²) in [6.45, 7) is 3.75. The van der Waals surface area contributed by atoms with Crippen LogP contribution in [0, 0.1) is 4.77 Å². The van der Waals surface area contributed by atoms with Crippen molar-refractivity contribution in [1.29, 1.82) is 0 Å². The van der Waals surface area contributed by atoms with Crippen LogP contribution >= 0.6 is 12.2 Å². The number of aromatic amines is 1. The van der Waals surface area contributed by atoms with E-state index in [4.69, 9.17) is 17.0 Å². The van der Waals surface area contributed by atoms with Crippen molar-refractivity contribution < 1.29 is 9.53 Å². The molecule has 0 aliphatic heterocycles. The number of H-pyrrole nitrogens is 1. The standard InChI is InChI=1S/C21H23N3O3S/c1-2-27-14-16-8-4-3-7-15(16)13-22-19(25)11-12-24-20(26)17-9-5-6-10-18(17)23-21(24)28/h3-10H,2,11-14H2,1H3,(H,22,25)(H,23,28). The Balaban J connectivity index is 1.64. The first-order chi connectivity index (χ1) is 13.6. The molecule has 0 aliphatic rings. The smallest absolute Gasteiger partial charge is 0.262 e. The van der Waals surface area contributed by atoms with Gasteiger partial charge in [-0.25, -0.2) is 0 Å². The summed E-state index contributed by atoms with van der Waals surface area (Å²) in [7, 11) is 0. The number of amides is 1. The largest absolute Gasteiger partial charge is 0.377 e. The number of rotatable bonds is 8. The molecule has 1 heterocycles. The molecule has 0 saturated carbocycles. The van der Waals surface area contributed by atoms with Crippen LogP contribution in [-0.2, 0) is 29.2 Å². The zero-order valence-corrected chi connectivity index (χ0v) is 16.6. The number of carbonyl (C=O) groups excluding carboxylic acids is 1. The molecule has 0 fully saturated rings. The zero-order valence-electron chi connectivity index (χ0n) is 15.7. The van der Waals surface area contributed by atoms with E-state index in [1.807, 2.05) is 43.3 Å². The van der Waals surface area contributed by atoms with Gasteiger partial charge in [0.15, 0.2) is 4.77 Å². The molecule has 0 spiro atoms. The fourth-order valence-electron chi connectivity index (χ4n) is 2.98. The highest BCUT2D eigenvalue weighted by molar-refractivity contribution is 7.71. The molecule has 0 radical (unpaired) electrons. The number of carbonyl (C=O) groups is 1. The second kappa shape index (κ2) is 9.43. The molecule has 3 rings (SSSR count). The highest BCUT2D eigenvalue weighted by Crippen LogP contribution is 2.10. The molecule has 28 heavy (non-hydrogen) atoms. The van der Waals surface area contributed by atoms with Crippen LogP contribution in [0.2, 0.25) is 0 Å². The SMILES string of the molecule is CCOCc1ccccc1CNC(=O)CCn1c(=S)[nH]c2ccccc2c1=O. The van der Waals surface area contributed by atoms with Gasteiger partial charge in [0.05, 0.1) is 17.5 Å². The van der Waals surface area contributed by atoms with Gasteiger partial charge in [-0.05, 0) is 42.4 Å². The maximum atomic E-state index is 12.6. The maximum absolute atomic E-state index is 12.6. The summed E-state index contributed by atoms with van der Waals surface area (Å²) < 4.78 is 7.22. The predicted octanol–water partition coefficient (Wildman–Crippen LogP) is 3.30. The van der Waals surface area contributed by atoms with Crippen molar-refractivity contribution in [3.8, 4) is 0 Å². The Morgan fingerprint density at radius 1 is 1.14 bits per heavy atom. The van der Waals surface area contributed by atoms with Crippen molar-refractivity contribution in [2.45, 2.75) is 33.0 Å². The molecule has 3 aromatic rings. The van der Waals surface area contributed by atoms with E-state index in [0.717, 1.165) is 11.1 Å². The van der Waals surface area contributed by atoms with E-state index < -0.39 is 0 Å². The fourth-order valence-corrected chi connectivity index (χ4v) is 3.26. The van der Waals surface area contributed by atoms with E-state index >= 15 is 0 Å². The Labute approximate surface area is 168 Å². The number of ether oxygens (including phenoxy) is 1. The minimum Gasteiger partial charge on any atom is -0.377 e. The van der Waals surface area contributed by atoms with Crippen molar-refractivity contribution in [3.05, 3.63) is 74.8 Å². The molecule has 2 aromatic carbocycles. The van der Waals surface area contributed by atoms with Gasteiger partial charge in [0.1, 0.15) is 0 Å². The first-order valence-electron chi connectivity index (χ1n) is 9.23. The van der Waals surface area contributed by atoms with Gasteiger partial charge in [-0.2, -0.15) is 0 Å². The van der Waals surface area contributed by atoms with Gasteiger partial charge in [0, 0.05) is 26.1 Å². The number of nitrogens with zero attached hydrogens (tertiary/aromatic N) is 1. The number of fused-ring (bicyclic) bond motifs is 1. The Morgan fingerprint density at radius 2 is 1.86 bits per heavy atom. The van der Waals surface area contributed by atoms with E-state index in [-0.39, 0.29) is 24.4 Å². The summed E-state index contributed by atoms with van der Waals surface area (Å²) in [6, 6.07) is 15.0. The van der Waals surface area contributed by atoms with E-state index in [1.54, 1.807) is 12.1 Å². The Kier molecular flexibility index (Phi) is 6.73. The Hall–Kier alpha value is -2.77. The van der Waals surface area contributed by atoms with Crippen molar-refractivity contribution in [2.24, 2.45) is 0 Å². The number of aromatic nitrogens is 2. The van der Waals surface area contributed by atoms with Gasteiger partial charge in [-0.1, -0.05) is 36.4 Å². The molecule has 0 aliphatic carbocycles. The number of benzene rings is 2. The van der Waals surface area contributed by atoms with Crippen LogP contribution in [0.4, 0.5) is 0 Å². The normalized spacial score (nSPS) is 10.9. The summed E-state index contributed by atoms with van der Waals surface area (Å²) in [5, 5.41) is 3.46. The molecule has 6 nitrogen and oxygen atoms in total. The van der Waals surface area contributed by atoms with E-state index in [2.05, 4.69) is 10.3 Å². The lowest BCUT2D eigenvalue weighted by atomic mass is 10.1. The number of nitrogens with one attached hydrogen (secondary N) is 2. The van der Waals surface area contributed by atoms with Gasteiger partial charge in [0.2, 0.25) is 5.91 Å². The topological polar surface area (TPSA) is 76.1 Å². The lowest BCUT2D eigenvalue weighted by Gasteiger charge is -2.11. The van der Waals surface area contributed by atoms with Crippen LogP contribution < -0.4 is 10.9 Å². The summed E-state index contributed by atoms with van der Waals surface area (Å²) in [4.78, 5) is 28.0. The van der Waals surface area contributed by atoms with Gasteiger partial charge >= 0.3 is 0 Å². The Bertz CT molecular complexity index is 1090. The van der Waals surface area contributed by atoms with Gasteiger partial charge in [-0.15, -0.1) is 0 Å². The molecule has 0 bridgehead atoms. The van der Waals surface area contributed by atoms with Crippen molar-refractivity contribution in [2.75, 3.05) is 6.61 Å². The Morgan fingerprint density at radius 3 is 2.64 bits per heavy atom. The number of hydrogen-bond acceptors (Lipinski definition) is 4. The van der Waals surface area contributed by atoms with Crippen LogP contribution in [0.5, 0.6) is 0 Å². The predicted molar refractivity (Wildman–Crippen MR) is 112 cm³/mol. The quantitative estimate of drug-likeness (QED) is 0.572. The number of para-hydroxylation sites is 1. The average Bonchev–Trinajstić information content (AvgIpc) is 2.71. The maximum Gasteiger partial charge on any atom is 0.262 e. The third kappa shape index (κ3) is 4.74. The van der Waals surface area contributed by atoms with Crippen LogP contribution in [-0.4, -0.2) is 22.1 Å². The van der Waals surface area contributed by atoms with Gasteiger partial charge in [-0.3, -0.25) is 14.2 Å². The summed E-state index contributed by atoms with van der Waals surface area (Å²) in [5.41, 5.74) is 2.58. The van der Waals surface area contributed by atoms with Gasteiger partial charge < -0.3 is 15.0 Å². The van der Waals surface area contributed by atoms with Crippen LogP contribution in [0.1, 0.15) is 24.5 Å². The van der Waals surface area contributed by atoms with Crippen molar-refractivity contribution in [1.82, 2.24) is 14.9 Å². The van der Waals surface area contributed by atoms with Gasteiger partial charge in [0.25, 0.3) is 5.56 Å². The second-order valence-electron chi connectivity index (χ2n) is 6.37. The van der Waals surface area contributed by atoms with Crippen LogP contribution in [0.25, 0.3) is 10.9 Å². The van der Waals surface area contributed by atoms with Crippen molar-refractivity contribution in [3.63, 3.8) is 0 Å². The molecule has 0 atom stereocenters. The second-order valence-corrected chi connectivity index (χ2v) is 6.75. The lowest BCUT2D eigenvalue weighted by molar-refractivity contribution is -0.121. The monoisotopic (exact) mass is 397 g/mol. The third-order valence-corrected chi connectivity index (χ3v) is 4.83. The molecular formula is C21H23N3O3S. The van der Waals surface area contributed by atoms with E-state index in [9.17, 15) is 9.59 Å². The van der Waals surface area contributed by atoms with Crippen LogP contribution in [0.3, 0.4) is 0 Å². The average molecular weight is 398 g/mol. The molecule has 0 unspecified atom stereocenters. The minimum absolute atomic E-state index is 0.138. The number of hydrogen-bond donors (Lipinski definition) is 2. The summed E-state index contributed by atoms with van der Waals surface area (Å²) >= 11 is 5.28. The summed E-state index contributed by atoms with van der Waals surface area (Å²) in [6.07, 6.45) is 0.170. The lowest BCUT2D eigenvalue weighted by Crippen LogP contribution is -2.28. The molecule has 0 saturated heterocycles. The molecule has 1 aromatic heterocycles.